The van der Waals surface area contributed by atoms with Gasteiger partial charge in [0, 0.05) is 5.41 Å². The van der Waals surface area contributed by atoms with E-state index in [0.717, 1.165) is 12.8 Å². The van der Waals surface area contributed by atoms with E-state index in [4.69, 9.17) is 0 Å². The van der Waals surface area contributed by atoms with Crippen LogP contribution in [-0.4, -0.2) is 16.3 Å². The first kappa shape index (κ1) is 16.6. The van der Waals surface area contributed by atoms with Gasteiger partial charge in [-0.3, -0.25) is 0 Å². The van der Waals surface area contributed by atoms with Crippen molar-refractivity contribution in [2.24, 2.45) is 22.7 Å². The van der Waals surface area contributed by atoms with Crippen LogP contribution < -0.4 is 0 Å². The molecule has 1 saturated carbocycles. The molecule has 0 aromatic carbocycles. The van der Waals surface area contributed by atoms with Crippen LogP contribution in [0.5, 0.6) is 0 Å². The number of allylic oxidation sites excluding steroid dienone is 5. The first-order valence-electron chi connectivity index (χ1n) is 8.95. The maximum Gasteiger partial charge on any atom is 0.111 e. The standard InChI is InChI=1S/C21H30O2/c1-15-12-20(2,3)14-21(13-15,16-4-8-18(22)9-5-16)17-6-10-19(23)11-7-17/h4-6,8,10-11,15,17-18,22-23H,7,9,12-14H2,1-3H3. The zero-order valence-electron chi connectivity index (χ0n) is 14.6. The Morgan fingerprint density at radius 1 is 1.04 bits per heavy atom. The third-order valence-corrected chi connectivity index (χ3v) is 5.85. The fraction of sp³-hybridized carbons (Fsp3) is 0.619. The number of hydrogen-bond donors (Lipinski definition) is 2. The Kier molecular flexibility index (Phi) is 4.31. The van der Waals surface area contributed by atoms with Crippen LogP contribution in [0.3, 0.4) is 0 Å². The zero-order valence-corrected chi connectivity index (χ0v) is 14.6. The molecule has 4 unspecified atom stereocenters. The highest BCUT2D eigenvalue weighted by Gasteiger charge is 2.48. The Morgan fingerprint density at radius 3 is 2.39 bits per heavy atom. The molecule has 0 saturated heterocycles. The molecule has 0 amide bonds. The minimum atomic E-state index is -0.337. The van der Waals surface area contributed by atoms with Crippen LogP contribution in [0, 0.1) is 22.7 Å². The molecular weight excluding hydrogens is 284 g/mol. The van der Waals surface area contributed by atoms with Gasteiger partial charge in [0.1, 0.15) is 5.76 Å². The third-order valence-electron chi connectivity index (χ3n) is 5.85. The summed E-state index contributed by atoms with van der Waals surface area (Å²) in [5.41, 5.74) is 1.83. The maximum atomic E-state index is 9.82. The number of hydrogen-bond acceptors (Lipinski definition) is 2. The summed E-state index contributed by atoms with van der Waals surface area (Å²) in [7, 11) is 0. The summed E-state index contributed by atoms with van der Waals surface area (Å²) in [6.45, 7) is 7.15. The third kappa shape index (κ3) is 3.33. The average molecular weight is 314 g/mol. The van der Waals surface area contributed by atoms with E-state index in [2.05, 4.69) is 39.0 Å². The van der Waals surface area contributed by atoms with Gasteiger partial charge in [-0.2, -0.15) is 0 Å². The Labute approximate surface area is 140 Å². The van der Waals surface area contributed by atoms with Crippen molar-refractivity contribution >= 4 is 0 Å². The lowest BCUT2D eigenvalue weighted by molar-refractivity contribution is 0.0443. The highest BCUT2D eigenvalue weighted by atomic mass is 16.3. The molecule has 0 bridgehead atoms. The average Bonchev–Trinajstić information content (AvgIpc) is 2.46. The molecule has 0 aliphatic heterocycles. The van der Waals surface area contributed by atoms with E-state index in [1.54, 1.807) is 0 Å². The second kappa shape index (κ2) is 5.98. The molecule has 3 aliphatic rings. The molecule has 23 heavy (non-hydrogen) atoms. The largest absolute Gasteiger partial charge is 0.508 e. The Morgan fingerprint density at radius 2 is 1.83 bits per heavy atom. The fourth-order valence-electron chi connectivity index (χ4n) is 5.35. The normalized spacial score (nSPS) is 39.7. The lowest BCUT2D eigenvalue weighted by Gasteiger charge is -2.52. The van der Waals surface area contributed by atoms with Gasteiger partial charge in [0.15, 0.2) is 0 Å². The molecule has 3 aliphatic carbocycles. The van der Waals surface area contributed by atoms with Gasteiger partial charge in [0.25, 0.3) is 0 Å². The molecule has 2 nitrogen and oxygen atoms in total. The molecule has 2 N–H and O–H groups in total. The van der Waals surface area contributed by atoms with Crippen molar-refractivity contribution in [3.8, 4) is 0 Å². The van der Waals surface area contributed by atoms with Gasteiger partial charge in [0.2, 0.25) is 0 Å². The van der Waals surface area contributed by atoms with Crippen molar-refractivity contribution < 1.29 is 10.2 Å². The lowest BCUT2D eigenvalue weighted by atomic mass is 9.52. The van der Waals surface area contributed by atoms with Crippen molar-refractivity contribution in [1.82, 2.24) is 0 Å². The molecule has 0 aromatic rings. The molecule has 0 aromatic heterocycles. The SMILES string of the molecule is CC1CC(C)(C)CC(C2=CCC(O)C=C2)(C2C=CC(O)=CC2)C1. The van der Waals surface area contributed by atoms with Crippen molar-refractivity contribution in [1.29, 1.82) is 0 Å². The predicted molar refractivity (Wildman–Crippen MR) is 95.0 cm³/mol. The predicted octanol–water partition coefficient (Wildman–Crippen LogP) is 5.08. The Bertz CT molecular complexity index is 579. The number of aliphatic hydroxyl groups excluding tert-OH is 2. The molecular formula is C21H30O2. The van der Waals surface area contributed by atoms with Gasteiger partial charge in [0.05, 0.1) is 6.10 Å². The minimum absolute atomic E-state index is 0.117. The summed E-state index contributed by atoms with van der Waals surface area (Å²) in [6, 6.07) is 0. The zero-order chi connectivity index (χ0) is 16.7. The summed E-state index contributed by atoms with van der Waals surface area (Å²) in [5.74, 6) is 1.50. The van der Waals surface area contributed by atoms with Gasteiger partial charge in [-0.05, 0) is 67.1 Å². The van der Waals surface area contributed by atoms with Crippen LogP contribution in [0.2, 0.25) is 0 Å². The molecule has 4 atom stereocenters. The molecule has 0 spiro atoms. The van der Waals surface area contributed by atoms with Gasteiger partial charge >= 0.3 is 0 Å². The summed E-state index contributed by atoms with van der Waals surface area (Å²) in [4.78, 5) is 0. The molecule has 3 rings (SSSR count). The topological polar surface area (TPSA) is 40.5 Å². The smallest absolute Gasteiger partial charge is 0.111 e. The highest BCUT2D eigenvalue weighted by Crippen LogP contribution is 2.58. The molecule has 1 fully saturated rings. The van der Waals surface area contributed by atoms with E-state index in [0.29, 0.717) is 23.0 Å². The van der Waals surface area contributed by atoms with Gasteiger partial charge < -0.3 is 10.2 Å². The second-order valence-electron chi connectivity index (χ2n) is 8.66. The van der Waals surface area contributed by atoms with E-state index < -0.39 is 0 Å². The number of aliphatic hydroxyl groups is 2. The van der Waals surface area contributed by atoms with Crippen LogP contribution in [0.1, 0.15) is 52.9 Å². The van der Waals surface area contributed by atoms with Gasteiger partial charge in [-0.25, -0.2) is 0 Å². The maximum absolute atomic E-state index is 9.82. The van der Waals surface area contributed by atoms with Crippen molar-refractivity contribution in [3.05, 3.63) is 47.8 Å². The summed E-state index contributed by atoms with van der Waals surface area (Å²) in [6.07, 6.45) is 17.3. The van der Waals surface area contributed by atoms with Crippen LogP contribution >= 0.6 is 0 Å². The van der Waals surface area contributed by atoms with Gasteiger partial charge in [-0.1, -0.05) is 45.1 Å². The lowest BCUT2D eigenvalue weighted by Crippen LogP contribution is -2.43. The Hall–Kier alpha value is -1.28. The quantitative estimate of drug-likeness (QED) is 0.746. The van der Waals surface area contributed by atoms with E-state index in [1.165, 1.54) is 24.8 Å². The monoisotopic (exact) mass is 314 g/mol. The fourth-order valence-corrected chi connectivity index (χ4v) is 5.35. The van der Waals surface area contributed by atoms with E-state index in [9.17, 15) is 10.2 Å². The Balaban J connectivity index is 2.00. The first-order chi connectivity index (χ1) is 10.8. The van der Waals surface area contributed by atoms with Gasteiger partial charge in [-0.15, -0.1) is 0 Å². The van der Waals surface area contributed by atoms with E-state index in [1.807, 2.05) is 18.2 Å². The van der Waals surface area contributed by atoms with Crippen LogP contribution in [0.15, 0.2) is 47.8 Å². The molecule has 126 valence electrons. The summed E-state index contributed by atoms with van der Waals surface area (Å²) < 4.78 is 0. The van der Waals surface area contributed by atoms with Crippen molar-refractivity contribution in [2.75, 3.05) is 0 Å². The van der Waals surface area contributed by atoms with Crippen LogP contribution in [0.4, 0.5) is 0 Å². The summed E-state index contributed by atoms with van der Waals surface area (Å²) in [5, 5.41) is 19.5. The molecule has 0 radical (unpaired) electrons. The molecule has 0 heterocycles. The van der Waals surface area contributed by atoms with E-state index >= 15 is 0 Å². The van der Waals surface area contributed by atoms with Crippen LogP contribution in [0.25, 0.3) is 0 Å². The summed E-state index contributed by atoms with van der Waals surface area (Å²) >= 11 is 0. The van der Waals surface area contributed by atoms with Crippen molar-refractivity contribution in [3.63, 3.8) is 0 Å². The second-order valence-corrected chi connectivity index (χ2v) is 8.66. The highest BCUT2D eigenvalue weighted by molar-refractivity contribution is 5.36. The molecule has 2 heteroatoms. The minimum Gasteiger partial charge on any atom is -0.508 e. The van der Waals surface area contributed by atoms with E-state index in [-0.39, 0.29) is 11.5 Å². The van der Waals surface area contributed by atoms with Crippen molar-refractivity contribution in [2.45, 2.75) is 59.0 Å². The first-order valence-corrected chi connectivity index (χ1v) is 8.95. The van der Waals surface area contributed by atoms with Crippen LogP contribution in [-0.2, 0) is 0 Å². The number of rotatable bonds is 2.